The number of alkyl halides is 3. The maximum absolute atomic E-state index is 13.2. The van der Waals surface area contributed by atoms with E-state index in [1.807, 2.05) is 0 Å². The SMILES string of the molecule is O=S(=O)(Oc1ccc(F)c2scnc12)C(F)(F)F. The smallest absolute Gasteiger partial charge is 0.374 e. The molecule has 0 saturated carbocycles. The molecule has 0 amide bonds. The molecular formula is C8H3F4NO3S2. The summed E-state index contributed by atoms with van der Waals surface area (Å²) in [4.78, 5) is 3.57. The van der Waals surface area contributed by atoms with E-state index >= 15 is 0 Å². The van der Waals surface area contributed by atoms with Crippen molar-refractivity contribution in [1.82, 2.24) is 4.98 Å². The number of rotatable bonds is 2. The van der Waals surface area contributed by atoms with Crippen LogP contribution in [0.15, 0.2) is 17.6 Å². The van der Waals surface area contributed by atoms with Crippen LogP contribution in [0.1, 0.15) is 0 Å². The van der Waals surface area contributed by atoms with Gasteiger partial charge in [-0.15, -0.1) is 11.3 Å². The quantitative estimate of drug-likeness (QED) is 0.486. The van der Waals surface area contributed by atoms with Gasteiger partial charge >= 0.3 is 15.6 Å². The maximum Gasteiger partial charge on any atom is 0.534 e. The third-order valence-electron chi connectivity index (χ3n) is 1.88. The average Bonchev–Trinajstić information content (AvgIpc) is 2.70. The molecule has 0 aliphatic rings. The van der Waals surface area contributed by atoms with Crippen molar-refractivity contribution in [2.45, 2.75) is 5.51 Å². The first kappa shape index (κ1) is 13.0. The molecule has 1 aromatic carbocycles. The molecule has 1 aromatic heterocycles. The van der Waals surface area contributed by atoms with Gasteiger partial charge in [-0.3, -0.25) is 0 Å². The standard InChI is InChI=1S/C8H3F4NO3S2/c9-4-1-2-5(6-7(4)17-3-13-6)16-18(14,15)8(10,11)12/h1-3H. The highest BCUT2D eigenvalue weighted by molar-refractivity contribution is 7.88. The third kappa shape index (κ3) is 2.12. The van der Waals surface area contributed by atoms with E-state index in [9.17, 15) is 26.0 Å². The predicted molar refractivity (Wildman–Crippen MR) is 55.2 cm³/mol. The zero-order valence-corrected chi connectivity index (χ0v) is 9.87. The molecule has 0 aliphatic heterocycles. The number of hydrogen-bond acceptors (Lipinski definition) is 5. The van der Waals surface area contributed by atoms with Crippen LogP contribution in [0.3, 0.4) is 0 Å². The molecule has 18 heavy (non-hydrogen) atoms. The highest BCUT2D eigenvalue weighted by Crippen LogP contribution is 2.33. The van der Waals surface area contributed by atoms with Gasteiger partial charge in [0.2, 0.25) is 0 Å². The van der Waals surface area contributed by atoms with E-state index in [0.717, 1.165) is 23.5 Å². The summed E-state index contributed by atoms with van der Waals surface area (Å²) >= 11 is 0.819. The molecule has 0 unspecified atom stereocenters. The normalized spacial score (nSPS) is 12.9. The van der Waals surface area contributed by atoms with Crippen LogP contribution in [-0.4, -0.2) is 18.9 Å². The number of benzene rings is 1. The summed E-state index contributed by atoms with van der Waals surface area (Å²) in [5.41, 5.74) is -4.65. The Labute approximate surface area is 102 Å². The Balaban J connectivity index is 2.52. The first-order valence-corrected chi connectivity index (χ1v) is 6.53. The van der Waals surface area contributed by atoms with E-state index in [2.05, 4.69) is 9.17 Å². The Bertz CT molecular complexity index is 692. The number of thiazole rings is 1. The summed E-state index contributed by atoms with van der Waals surface area (Å²) in [6, 6.07) is 1.59. The van der Waals surface area contributed by atoms with Gasteiger partial charge in [-0.2, -0.15) is 21.6 Å². The fourth-order valence-electron chi connectivity index (χ4n) is 1.13. The summed E-state index contributed by atoms with van der Waals surface area (Å²) in [5.74, 6) is -1.38. The van der Waals surface area contributed by atoms with Crippen LogP contribution in [0.25, 0.3) is 10.2 Å². The Morgan fingerprint density at radius 2 is 1.94 bits per heavy atom. The van der Waals surface area contributed by atoms with E-state index in [1.54, 1.807) is 0 Å². The fourth-order valence-corrected chi connectivity index (χ4v) is 2.30. The summed E-state index contributed by atoms with van der Waals surface area (Å²) < 4.78 is 75.0. The van der Waals surface area contributed by atoms with Gasteiger partial charge in [-0.25, -0.2) is 9.37 Å². The lowest BCUT2D eigenvalue weighted by atomic mass is 10.3. The van der Waals surface area contributed by atoms with Crippen LogP contribution in [0, 0.1) is 5.82 Å². The lowest BCUT2D eigenvalue weighted by molar-refractivity contribution is -0.0499. The largest absolute Gasteiger partial charge is 0.534 e. The molecular weight excluding hydrogens is 298 g/mol. The Kier molecular flexibility index (Phi) is 2.93. The summed E-state index contributed by atoms with van der Waals surface area (Å²) in [5, 5.41) is 0. The molecule has 10 heteroatoms. The predicted octanol–water partition coefficient (Wildman–Crippen LogP) is 2.66. The fraction of sp³-hybridized carbons (Fsp3) is 0.125. The van der Waals surface area contributed by atoms with Gasteiger partial charge in [0, 0.05) is 0 Å². The highest BCUT2D eigenvalue weighted by Gasteiger charge is 2.48. The zero-order chi connectivity index (χ0) is 13.6. The highest BCUT2D eigenvalue weighted by atomic mass is 32.2. The molecule has 0 spiro atoms. The molecule has 98 valence electrons. The topological polar surface area (TPSA) is 56.3 Å². The van der Waals surface area contributed by atoms with Crippen LogP contribution in [0.4, 0.5) is 17.6 Å². The van der Waals surface area contributed by atoms with Gasteiger partial charge in [-0.05, 0) is 12.1 Å². The molecule has 0 radical (unpaired) electrons. The minimum Gasteiger partial charge on any atom is -0.374 e. The van der Waals surface area contributed by atoms with Crippen molar-refractivity contribution in [3.8, 4) is 5.75 Å². The molecule has 0 fully saturated rings. The van der Waals surface area contributed by atoms with E-state index in [1.165, 1.54) is 5.51 Å². The third-order valence-corrected chi connectivity index (χ3v) is 3.68. The minimum atomic E-state index is -5.79. The second-order valence-corrected chi connectivity index (χ2v) is 5.45. The van der Waals surface area contributed by atoms with Crippen molar-refractivity contribution >= 4 is 31.7 Å². The molecule has 2 rings (SSSR count). The number of fused-ring (bicyclic) bond motifs is 1. The Hall–Kier alpha value is -1.42. The number of halogens is 4. The molecule has 0 aliphatic carbocycles. The zero-order valence-electron chi connectivity index (χ0n) is 8.23. The lowest BCUT2D eigenvalue weighted by Crippen LogP contribution is -2.28. The van der Waals surface area contributed by atoms with E-state index in [0.29, 0.717) is 0 Å². The van der Waals surface area contributed by atoms with E-state index in [4.69, 9.17) is 0 Å². The van der Waals surface area contributed by atoms with Crippen molar-refractivity contribution in [3.63, 3.8) is 0 Å². The summed E-state index contributed by atoms with van der Waals surface area (Å²) in [7, 11) is -5.79. The molecule has 4 nitrogen and oxygen atoms in total. The summed E-state index contributed by atoms with van der Waals surface area (Å²) in [6.45, 7) is 0. The van der Waals surface area contributed by atoms with E-state index < -0.39 is 27.2 Å². The molecule has 0 atom stereocenters. The van der Waals surface area contributed by atoms with Gasteiger partial charge in [-0.1, -0.05) is 0 Å². The van der Waals surface area contributed by atoms with E-state index in [-0.39, 0.29) is 10.2 Å². The molecule has 0 N–H and O–H groups in total. The Morgan fingerprint density at radius 3 is 2.56 bits per heavy atom. The first-order chi connectivity index (χ1) is 8.22. The molecule has 1 heterocycles. The number of nitrogens with zero attached hydrogens (tertiary/aromatic N) is 1. The van der Waals surface area contributed by atoms with Gasteiger partial charge < -0.3 is 4.18 Å². The second kappa shape index (κ2) is 4.05. The average molecular weight is 301 g/mol. The Morgan fingerprint density at radius 1 is 1.28 bits per heavy atom. The van der Waals surface area contributed by atoms with Crippen LogP contribution in [-0.2, 0) is 10.1 Å². The lowest BCUT2D eigenvalue weighted by Gasteiger charge is -2.09. The van der Waals surface area contributed by atoms with Gasteiger partial charge in [0.15, 0.2) is 5.75 Å². The molecule has 0 bridgehead atoms. The van der Waals surface area contributed by atoms with Crippen LogP contribution < -0.4 is 4.18 Å². The van der Waals surface area contributed by atoms with Gasteiger partial charge in [0.25, 0.3) is 0 Å². The maximum atomic E-state index is 13.2. The van der Waals surface area contributed by atoms with Crippen LogP contribution in [0.5, 0.6) is 5.75 Å². The van der Waals surface area contributed by atoms with Crippen LogP contribution >= 0.6 is 11.3 Å². The van der Waals surface area contributed by atoms with Crippen molar-refractivity contribution in [3.05, 3.63) is 23.5 Å². The van der Waals surface area contributed by atoms with Crippen LogP contribution in [0.2, 0.25) is 0 Å². The van der Waals surface area contributed by atoms with Crippen molar-refractivity contribution < 1.29 is 30.2 Å². The summed E-state index contributed by atoms with van der Waals surface area (Å²) in [6.07, 6.45) is 0. The molecule has 2 aromatic rings. The van der Waals surface area contributed by atoms with Gasteiger partial charge in [0.05, 0.1) is 10.2 Å². The molecule has 0 saturated heterocycles. The van der Waals surface area contributed by atoms with Crippen molar-refractivity contribution in [1.29, 1.82) is 0 Å². The monoisotopic (exact) mass is 301 g/mol. The van der Waals surface area contributed by atoms with Crippen molar-refractivity contribution in [2.24, 2.45) is 0 Å². The second-order valence-electron chi connectivity index (χ2n) is 3.06. The number of aromatic nitrogens is 1. The number of hydrogen-bond donors (Lipinski definition) is 0. The first-order valence-electron chi connectivity index (χ1n) is 4.25. The van der Waals surface area contributed by atoms with Crippen molar-refractivity contribution in [2.75, 3.05) is 0 Å². The van der Waals surface area contributed by atoms with Gasteiger partial charge in [0.1, 0.15) is 11.3 Å². The minimum absolute atomic E-state index is 0.0788.